The van der Waals surface area contributed by atoms with Gasteiger partial charge in [-0.3, -0.25) is 0 Å². The summed E-state index contributed by atoms with van der Waals surface area (Å²) in [6, 6.07) is 3.59. The molecule has 1 heterocycles. The van der Waals surface area contributed by atoms with Crippen LogP contribution in [0.25, 0.3) is 0 Å². The Morgan fingerprint density at radius 3 is 1.88 bits per heavy atom. The summed E-state index contributed by atoms with van der Waals surface area (Å²) in [5, 5.41) is 0. The van der Waals surface area contributed by atoms with Gasteiger partial charge in [0.2, 0.25) is 0 Å². The summed E-state index contributed by atoms with van der Waals surface area (Å²) in [6.45, 7) is 0.929. The van der Waals surface area contributed by atoms with Gasteiger partial charge in [0.05, 0.1) is 45.6 Å². The van der Waals surface area contributed by atoms with Crippen molar-refractivity contribution < 1.29 is 18.9 Å². The van der Waals surface area contributed by atoms with Gasteiger partial charge in [-0.15, -0.1) is 0 Å². The molecule has 0 unspecified atom stereocenters. The van der Waals surface area contributed by atoms with Crippen LogP contribution in [0, 0.1) is 0 Å². The Balaban J connectivity index is 2.54. The fourth-order valence-corrected chi connectivity index (χ4v) is 1.96. The number of hydrogen-bond acceptors (Lipinski definition) is 5. The lowest BCUT2D eigenvalue weighted by Gasteiger charge is -2.39. The van der Waals surface area contributed by atoms with Gasteiger partial charge >= 0.3 is 0 Å². The lowest BCUT2D eigenvalue weighted by molar-refractivity contribution is -0.0587. The first-order valence-corrected chi connectivity index (χ1v) is 5.31. The van der Waals surface area contributed by atoms with Crippen LogP contribution < -0.4 is 19.9 Å². The molecule has 1 saturated heterocycles. The number of ether oxygens (including phenoxy) is 4. The van der Waals surface area contributed by atoms with E-state index in [2.05, 4.69) is 0 Å². The van der Waals surface area contributed by atoms with Gasteiger partial charge in [-0.1, -0.05) is 0 Å². The average molecular weight is 239 g/mol. The Kier molecular flexibility index (Phi) is 3.13. The van der Waals surface area contributed by atoms with Gasteiger partial charge in [0.15, 0.2) is 0 Å². The van der Waals surface area contributed by atoms with Crippen molar-refractivity contribution in [2.45, 2.75) is 5.54 Å². The van der Waals surface area contributed by atoms with E-state index in [0.29, 0.717) is 30.5 Å². The largest absolute Gasteiger partial charge is 0.496 e. The molecule has 0 radical (unpaired) electrons. The number of rotatable bonds is 4. The van der Waals surface area contributed by atoms with Crippen LogP contribution >= 0.6 is 0 Å². The number of nitrogens with two attached hydrogens (primary N) is 1. The zero-order valence-electron chi connectivity index (χ0n) is 10.3. The molecule has 0 atom stereocenters. The Labute approximate surface area is 100 Å². The Morgan fingerprint density at radius 1 is 1.06 bits per heavy atom. The highest BCUT2D eigenvalue weighted by Crippen LogP contribution is 2.42. The molecule has 0 aliphatic carbocycles. The van der Waals surface area contributed by atoms with Crippen LogP contribution in [0.1, 0.15) is 5.56 Å². The van der Waals surface area contributed by atoms with Gasteiger partial charge in [0.25, 0.3) is 0 Å². The lowest BCUT2D eigenvalue weighted by atomic mass is 9.87. The first kappa shape index (κ1) is 12.0. The Morgan fingerprint density at radius 2 is 1.59 bits per heavy atom. The maximum Gasteiger partial charge on any atom is 0.131 e. The SMILES string of the molecule is COc1cc(OC)c(C2(N)COC2)c(OC)c1. The van der Waals surface area contributed by atoms with E-state index < -0.39 is 5.54 Å². The molecule has 1 aliphatic heterocycles. The number of methoxy groups -OCH3 is 3. The molecule has 1 aliphatic rings. The second kappa shape index (κ2) is 4.43. The molecule has 2 rings (SSSR count). The van der Waals surface area contributed by atoms with Crippen LogP contribution in [0.5, 0.6) is 17.2 Å². The third kappa shape index (κ3) is 1.92. The van der Waals surface area contributed by atoms with Gasteiger partial charge in [-0.25, -0.2) is 0 Å². The molecule has 1 aromatic rings. The fourth-order valence-electron chi connectivity index (χ4n) is 1.96. The van der Waals surface area contributed by atoms with Crippen molar-refractivity contribution in [3.63, 3.8) is 0 Å². The van der Waals surface area contributed by atoms with Gasteiger partial charge in [-0.05, 0) is 0 Å². The van der Waals surface area contributed by atoms with E-state index in [-0.39, 0.29) is 0 Å². The predicted octanol–water partition coefficient (Wildman–Crippen LogP) is 0.897. The number of benzene rings is 1. The molecule has 0 bridgehead atoms. The van der Waals surface area contributed by atoms with E-state index in [1.54, 1.807) is 33.5 Å². The highest BCUT2D eigenvalue weighted by Gasteiger charge is 2.41. The highest BCUT2D eigenvalue weighted by atomic mass is 16.5. The second-order valence-corrected chi connectivity index (χ2v) is 4.06. The van der Waals surface area contributed by atoms with Crippen LogP contribution in [0.4, 0.5) is 0 Å². The van der Waals surface area contributed by atoms with Crippen LogP contribution in [0.3, 0.4) is 0 Å². The average Bonchev–Trinajstić information content (AvgIpc) is 2.34. The van der Waals surface area contributed by atoms with Gasteiger partial charge in [0, 0.05) is 12.1 Å². The van der Waals surface area contributed by atoms with E-state index in [1.165, 1.54) is 0 Å². The predicted molar refractivity (Wildman–Crippen MR) is 62.8 cm³/mol. The second-order valence-electron chi connectivity index (χ2n) is 4.06. The quantitative estimate of drug-likeness (QED) is 0.845. The molecule has 1 aromatic carbocycles. The molecule has 5 heteroatoms. The first-order chi connectivity index (χ1) is 8.14. The molecule has 1 fully saturated rings. The zero-order chi connectivity index (χ0) is 12.5. The summed E-state index contributed by atoms with van der Waals surface area (Å²) < 4.78 is 21.1. The van der Waals surface area contributed by atoms with Crippen LogP contribution in [0.15, 0.2) is 12.1 Å². The topological polar surface area (TPSA) is 62.9 Å². The summed E-state index contributed by atoms with van der Waals surface area (Å²) in [6.07, 6.45) is 0. The fraction of sp³-hybridized carbons (Fsp3) is 0.500. The van der Waals surface area contributed by atoms with Crippen LogP contribution in [0.2, 0.25) is 0 Å². The van der Waals surface area contributed by atoms with Crippen molar-refractivity contribution in [1.29, 1.82) is 0 Å². The molecule has 0 aromatic heterocycles. The Bertz CT molecular complexity index is 390. The van der Waals surface area contributed by atoms with Crippen LogP contribution in [-0.4, -0.2) is 34.5 Å². The smallest absolute Gasteiger partial charge is 0.131 e. The van der Waals surface area contributed by atoms with Gasteiger partial charge in [0.1, 0.15) is 17.2 Å². The molecule has 17 heavy (non-hydrogen) atoms. The van der Waals surface area contributed by atoms with Gasteiger partial charge < -0.3 is 24.7 Å². The van der Waals surface area contributed by atoms with E-state index in [1.807, 2.05) is 0 Å². The highest BCUT2D eigenvalue weighted by molar-refractivity contribution is 5.55. The maximum absolute atomic E-state index is 6.24. The van der Waals surface area contributed by atoms with E-state index in [0.717, 1.165) is 5.56 Å². The Hall–Kier alpha value is -1.46. The molecule has 0 saturated carbocycles. The number of hydrogen-bond donors (Lipinski definition) is 1. The minimum absolute atomic E-state index is 0.464. The van der Waals surface area contributed by atoms with E-state index in [9.17, 15) is 0 Å². The summed E-state index contributed by atoms with van der Waals surface area (Å²) in [5.74, 6) is 1.99. The zero-order valence-corrected chi connectivity index (χ0v) is 10.3. The minimum Gasteiger partial charge on any atom is -0.496 e. The molecule has 94 valence electrons. The molecule has 5 nitrogen and oxygen atoms in total. The normalized spacial score (nSPS) is 17.2. The summed E-state index contributed by atoms with van der Waals surface area (Å²) >= 11 is 0. The van der Waals surface area contributed by atoms with Crippen molar-refractivity contribution >= 4 is 0 Å². The molecular weight excluding hydrogens is 222 g/mol. The monoisotopic (exact) mass is 239 g/mol. The van der Waals surface area contributed by atoms with Crippen molar-refractivity contribution in [3.05, 3.63) is 17.7 Å². The van der Waals surface area contributed by atoms with E-state index in [4.69, 9.17) is 24.7 Å². The minimum atomic E-state index is -0.539. The van der Waals surface area contributed by atoms with Crippen molar-refractivity contribution in [1.82, 2.24) is 0 Å². The van der Waals surface area contributed by atoms with Crippen LogP contribution in [-0.2, 0) is 10.3 Å². The molecule has 0 amide bonds. The van der Waals surface area contributed by atoms with Crippen molar-refractivity contribution in [3.8, 4) is 17.2 Å². The summed E-state index contributed by atoms with van der Waals surface area (Å²) in [4.78, 5) is 0. The van der Waals surface area contributed by atoms with Crippen molar-refractivity contribution in [2.75, 3.05) is 34.5 Å². The third-order valence-electron chi connectivity index (χ3n) is 2.93. The molecule has 2 N–H and O–H groups in total. The molecule has 0 spiro atoms. The summed E-state index contributed by atoms with van der Waals surface area (Å²) in [5.41, 5.74) is 6.53. The van der Waals surface area contributed by atoms with Gasteiger partial charge in [-0.2, -0.15) is 0 Å². The standard InChI is InChI=1S/C12H17NO4/c1-14-8-4-9(15-2)11(10(5-8)16-3)12(13)6-17-7-12/h4-5H,6-7,13H2,1-3H3. The maximum atomic E-state index is 6.24. The lowest BCUT2D eigenvalue weighted by Crippen LogP contribution is -2.54. The van der Waals surface area contributed by atoms with E-state index >= 15 is 0 Å². The van der Waals surface area contributed by atoms with Crippen molar-refractivity contribution in [2.24, 2.45) is 5.73 Å². The first-order valence-electron chi connectivity index (χ1n) is 5.31. The third-order valence-corrected chi connectivity index (χ3v) is 2.93. The molecular formula is C12H17NO4. The summed E-state index contributed by atoms with van der Waals surface area (Å²) in [7, 11) is 4.79.